The first kappa shape index (κ1) is 16.7. The van der Waals surface area contributed by atoms with Crippen LogP contribution in [0, 0.1) is 10.8 Å². The Morgan fingerprint density at radius 2 is 1.67 bits per heavy atom. The lowest BCUT2D eigenvalue weighted by molar-refractivity contribution is -0.146. The Morgan fingerprint density at radius 3 is 2.00 bits per heavy atom. The molecule has 0 fully saturated rings. The van der Waals surface area contributed by atoms with Gasteiger partial charge in [0.2, 0.25) is 0 Å². The van der Waals surface area contributed by atoms with Gasteiger partial charge in [-0.05, 0) is 26.2 Å². The van der Waals surface area contributed by atoms with Gasteiger partial charge in [0.05, 0.1) is 5.41 Å². The highest BCUT2D eigenvalue weighted by Gasteiger charge is 2.30. The first-order valence-corrected chi connectivity index (χ1v) is 6.13. The van der Waals surface area contributed by atoms with Gasteiger partial charge < -0.3 is 15.3 Å². The van der Waals surface area contributed by atoms with Crippen molar-refractivity contribution in [3.63, 3.8) is 0 Å². The molecule has 18 heavy (non-hydrogen) atoms. The summed E-state index contributed by atoms with van der Waals surface area (Å²) in [7, 11) is 1.72. The Labute approximate surface area is 110 Å². The van der Waals surface area contributed by atoms with Crippen molar-refractivity contribution < 1.29 is 14.7 Å². The SMILES string of the molecule is CC(N(C)C(=O)NCC(C)(C)C(=O)O)C(C)(C)C. The number of carbonyl (C=O) groups excluding carboxylic acids is 1. The Morgan fingerprint density at radius 1 is 1.22 bits per heavy atom. The third-order valence-corrected chi connectivity index (χ3v) is 3.42. The maximum atomic E-state index is 11.9. The maximum Gasteiger partial charge on any atom is 0.317 e. The van der Waals surface area contributed by atoms with Crippen molar-refractivity contribution in [1.82, 2.24) is 10.2 Å². The summed E-state index contributed by atoms with van der Waals surface area (Å²) in [4.78, 5) is 24.5. The molecule has 0 aliphatic heterocycles. The van der Waals surface area contributed by atoms with E-state index in [4.69, 9.17) is 5.11 Å². The molecule has 0 aromatic heterocycles. The average Bonchev–Trinajstić information content (AvgIpc) is 2.22. The van der Waals surface area contributed by atoms with Crippen LogP contribution in [0.4, 0.5) is 4.79 Å². The van der Waals surface area contributed by atoms with Crippen molar-refractivity contribution in [2.24, 2.45) is 10.8 Å². The zero-order valence-electron chi connectivity index (χ0n) is 12.5. The van der Waals surface area contributed by atoms with Crippen molar-refractivity contribution in [3.8, 4) is 0 Å². The molecule has 1 unspecified atom stereocenters. The third kappa shape index (κ3) is 4.55. The number of amides is 2. The maximum absolute atomic E-state index is 11.9. The summed E-state index contributed by atoms with van der Waals surface area (Å²) < 4.78 is 0. The van der Waals surface area contributed by atoms with Gasteiger partial charge in [-0.1, -0.05) is 20.8 Å². The Bertz CT molecular complexity index is 319. The average molecular weight is 258 g/mol. The number of carboxylic acid groups (broad SMARTS) is 1. The summed E-state index contributed by atoms with van der Waals surface area (Å²) in [5.41, 5.74) is -0.976. The molecule has 0 heterocycles. The Balaban J connectivity index is 4.48. The standard InChI is InChI=1S/C13H26N2O3/c1-9(12(2,3)4)15(7)11(18)14-8-13(5,6)10(16)17/h9H,8H2,1-7H3,(H,14,18)(H,16,17). The monoisotopic (exact) mass is 258 g/mol. The molecule has 0 saturated heterocycles. The number of hydrogen-bond acceptors (Lipinski definition) is 2. The second-order valence-corrected chi connectivity index (χ2v) is 6.50. The number of urea groups is 1. The summed E-state index contributed by atoms with van der Waals surface area (Å²) in [6.45, 7) is 11.4. The van der Waals surface area contributed by atoms with Crippen LogP contribution < -0.4 is 5.32 Å². The van der Waals surface area contributed by atoms with Crippen LogP contribution in [0.1, 0.15) is 41.5 Å². The summed E-state index contributed by atoms with van der Waals surface area (Å²) in [5.74, 6) is -0.922. The quantitative estimate of drug-likeness (QED) is 0.812. The molecule has 0 aromatic carbocycles. The predicted molar refractivity (Wildman–Crippen MR) is 71.5 cm³/mol. The topological polar surface area (TPSA) is 69.6 Å². The lowest BCUT2D eigenvalue weighted by Crippen LogP contribution is -2.50. The molecule has 0 saturated carbocycles. The molecular weight excluding hydrogens is 232 g/mol. The van der Waals surface area contributed by atoms with Crippen LogP contribution >= 0.6 is 0 Å². The van der Waals surface area contributed by atoms with Crippen LogP contribution in [0.25, 0.3) is 0 Å². The molecule has 0 aliphatic rings. The first-order chi connectivity index (χ1) is 7.89. The molecule has 2 N–H and O–H groups in total. The van der Waals surface area contributed by atoms with Crippen molar-refractivity contribution in [3.05, 3.63) is 0 Å². The Kier molecular flexibility index (Phi) is 5.20. The molecule has 0 spiro atoms. The van der Waals surface area contributed by atoms with E-state index >= 15 is 0 Å². The molecule has 1 atom stereocenters. The second-order valence-electron chi connectivity index (χ2n) is 6.50. The van der Waals surface area contributed by atoms with E-state index in [-0.39, 0.29) is 24.0 Å². The number of carboxylic acids is 1. The number of nitrogens with zero attached hydrogens (tertiary/aromatic N) is 1. The van der Waals surface area contributed by atoms with Gasteiger partial charge in [0.15, 0.2) is 0 Å². The zero-order chi connectivity index (χ0) is 14.7. The van der Waals surface area contributed by atoms with E-state index in [1.54, 1.807) is 25.8 Å². The number of nitrogens with one attached hydrogen (secondary N) is 1. The fourth-order valence-corrected chi connectivity index (χ4v) is 1.25. The molecule has 5 nitrogen and oxygen atoms in total. The van der Waals surface area contributed by atoms with Gasteiger partial charge >= 0.3 is 12.0 Å². The molecule has 106 valence electrons. The Hall–Kier alpha value is -1.26. The molecular formula is C13H26N2O3. The summed E-state index contributed by atoms with van der Waals surface area (Å²) in [6, 6.07) is -0.183. The third-order valence-electron chi connectivity index (χ3n) is 3.42. The molecule has 0 aliphatic carbocycles. The minimum atomic E-state index is -0.957. The van der Waals surface area contributed by atoms with E-state index in [1.807, 2.05) is 6.92 Å². The number of carbonyl (C=O) groups is 2. The van der Waals surface area contributed by atoms with Crippen molar-refractivity contribution in [2.45, 2.75) is 47.6 Å². The van der Waals surface area contributed by atoms with Crippen LogP contribution in [0.2, 0.25) is 0 Å². The second kappa shape index (κ2) is 5.59. The molecule has 2 amide bonds. The lowest BCUT2D eigenvalue weighted by Gasteiger charge is -2.35. The van der Waals surface area contributed by atoms with Crippen LogP contribution in [0.3, 0.4) is 0 Å². The first-order valence-electron chi connectivity index (χ1n) is 6.13. The predicted octanol–water partition coefficient (Wildman–Crippen LogP) is 2.17. The van der Waals surface area contributed by atoms with E-state index in [9.17, 15) is 9.59 Å². The lowest BCUT2D eigenvalue weighted by atomic mass is 9.87. The van der Waals surface area contributed by atoms with Crippen LogP contribution in [-0.2, 0) is 4.79 Å². The number of aliphatic carboxylic acids is 1. The highest BCUT2D eigenvalue weighted by Crippen LogP contribution is 2.23. The summed E-state index contributed by atoms with van der Waals surface area (Å²) in [5, 5.41) is 11.6. The molecule has 0 aromatic rings. The smallest absolute Gasteiger partial charge is 0.317 e. The number of rotatable bonds is 4. The summed E-state index contributed by atoms with van der Waals surface area (Å²) >= 11 is 0. The van der Waals surface area contributed by atoms with Gasteiger partial charge in [-0.3, -0.25) is 4.79 Å². The fraction of sp³-hybridized carbons (Fsp3) is 0.846. The van der Waals surface area contributed by atoms with Gasteiger partial charge in [0.25, 0.3) is 0 Å². The summed E-state index contributed by atoms with van der Waals surface area (Å²) in [6.07, 6.45) is 0. The molecule has 5 heteroatoms. The van der Waals surface area contributed by atoms with Gasteiger partial charge in [0, 0.05) is 19.6 Å². The van der Waals surface area contributed by atoms with Gasteiger partial charge in [-0.15, -0.1) is 0 Å². The molecule has 0 radical (unpaired) electrons. The van der Waals surface area contributed by atoms with E-state index in [0.717, 1.165) is 0 Å². The van der Waals surface area contributed by atoms with E-state index in [2.05, 4.69) is 26.1 Å². The van der Waals surface area contributed by atoms with Crippen LogP contribution in [0.15, 0.2) is 0 Å². The highest BCUT2D eigenvalue weighted by molar-refractivity contribution is 5.77. The van der Waals surface area contributed by atoms with Gasteiger partial charge in [-0.25, -0.2) is 4.79 Å². The van der Waals surface area contributed by atoms with E-state index < -0.39 is 11.4 Å². The minimum Gasteiger partial charge on any atom is -0.481 e. The molecule has 0 bridgehead atoms. The van der Waals surface area contributed by atoms with Gasteiger partial charge in [-0.2, -0.15) is 0 Å². The largest absolute Gasteiger partial charge is 0.481 e. The van der Waals surface area contributed by atoms with E-state index in [0.29, 0.717) is 0 Å². The number of hydrogen-bond donors (Lipinski definition) is 2. The van der Waals surface area contributed by atoms with Crippen molar-refractivity contribution in [1.29, 1.82) is 0 Å². The molecule has 0 rings (SSSR count). The van der Waals surface area contributed by atoms with Crippen molar-refractivity contribution >= 4 is 12.0 Å². The van der Waals surface area contributed by atoms with Crippen molar-refractivity contribution in [2.75, 3.05) is 13.6 Å². The zero-order valence-corrected chi connectivity index (χ0v) is 12.5. The fourth-order valence-electron chi connectivity index (χ4n) is 1.25. The van der Waals surface area contributed by atoms with Gasteiger partial charge in [0.1, 0.15) is 0 Å². The minimum absolute atomic E-state index is 0.0194. The highest BCUT2D eigenvalue weighted by atomic mass is 16.4. The normalized spacial score (nSPS) is 13.9. The van der Waals surface area contributed by atoms with Crippen LogP contribution in [0.5, 0.6) is 0 Å². The van der Waals surface area contributed by atoms with Crippen LogP contribution in [-0.4, -0.2) is 41.6 Å². The van der Waals surface area contributed by atoms with E-state index in [1.165, 1.54) is 0 Å².